The Morgan fingerprint density at radius 2 is 2.00 bits per heavy atom. The molecule has 11 heavy (non-hydrogen) atoms. The molecule has 1 aliphatic rings. The Labute approximate surface area is 65.0 Å². The van der Waals surface area contributed by atoms with Crippen molar-refractivity contribution < 1.29 is 14.3 Å². The van der Waals surface area contributed by atoms with Gasteiger partial charge < -0.3 is 9.47 Å². The Bertz CT molecular complexity index is 154. The van der Waals surface area contributed by atoms with Crippen LogP contribution in [-0.4, -0.2) is 25.0 Å². The Kier molecular flexibility index (Phi) is 2.43. The predicted molar refractivity (Wildman–Crippen MR) is 37.3 cm³/mol. The molecule has 0 atom stereocenters. The molecule has 0 aromatic heterocycles. The summed E-state index contributed by atoms with van der Waals surface area (Å²) in [7, 11) is 0. The van der Waals surface area contributed by atoms with E-state index in [0.29, 0.717) is 13.2 Å². The Morgan fingerprint density at radius 1 is 1.45 bits per heavy atom. The molecule has 0 bridgehead atoms. The fourth-order valence-corrected chi connectivity index (χ4v) is 0.788. The van der Waals surface area contributed by atoms with Crippen LogP contribution in [0.25, 0.3) is 0 Å². The van der Waals surface area contributed by atoms with Gasteiger partial charge in [0.2, 0.25) is 11.8 Å². The van der Waals surface area contributed by atoms with Crippen molar-refractivity contribution in [2.45, 2.75) is 19.8 Å². The smallest absolute Gasteiger partial charge is 0.241 e. The van der Waals surface area contributed by atoms with Crippen molar-refractivity contribution in [1.29, 1.82) is 0 Å². The highest BCUT2D eigenvalue weighted by Crippen LogP contribution is 2.12. The number of hydrazine groups is 1. The minimum absolute atomic E-state index is 0.176. The molecule has 0 aliphatic carbocycles. The highest BCUT2D eigenvalue weighted by Gasteiger charge is 2.30. The summed E-state index contributed by atoms with van der Waals surface area (Å²) in [6, 6.07) is 0. The molecule has 1 heterocycles. The van der Waals surface area contributed by atoms with Crippen molar-refractivity contribution >= 4 is 5.91 Å². The second-order valence-corrected chi connectivity index (χ2v) is 2.45. The molecule has 1 saturated heterocycles. The largest absolute Gasteiger partial charge is 0.334 e. The van der Waals surface area contributed by atoms with Crippen LogP contribution in [0.2, 0.25) is 0 Å². The van der Waals surface area contributed by atoms with Gasteiger partial charge in [0, 0.05) is 13.8 Å². The normalized spacial score (nSPS) is 21.6. The number of nitrogens with one attached hydrogen (secondary N) is 2. The number of ether oxygens (including phenoxy) is 2. The van der Waals surface area contributed by atoms with Crippen LogP contribution in [0.3, 0.4) is 0 Å². The molecule has 1 aliphatic heterocycles. The van der Waals surface area contributed by atoms with Gasteiger partial charge in [-0.3, -0.25) is 10.2 Å². The number of hydrogen-bond donors (Lipinski definition) is 2. The van der Waals surface area contributed by atoms with Gasteiger partial charge in [-0.15, -0.1) is 0 Å². The molecule has 1 fully saturated rings. The highest BCUT2D eigenvalue weighted by atomic mass is 16.8. The van der Waals surface area contributed by atoms with Gasteiger partial charge in [0.15, 0.2) is 0 Å². The lowest BCUT2D eigenvalue weighted by atomic mass is 10.6. The number of hydrogen-bond acceptors (Lipinski definition) is 4. The van der Waals surface area contributed by atoms with E-state index >= 15 is 0 Å². The van der Waals surface area contributed by atoms with Crippen molar-refractivity contribution in [1.82, 2.24) is 10.9 Å². The maximum absolute atomic E-state index is 10.5. The van der Waals surface area contributed by atoms with Gasteiger partial charge in [0.1, 0.15) is 0 Å². The minimum Gasteiger partial charge on any atom is -0.334 e. The predicted octanol–water partition coefficient (Wildman–Crippen LogP) is -0.652. The highest BCUT2D eigenvalue weighted by molar-refractivity contribution is 5.72. The van der Waals surface area contributed by atoms with E-state index in [9.17, 15) is 4.79 Å². The van der Waals surface area contributed by atoms with Crippen molar-refractivity contribution in [2.24, 2.45) is 0 Å². The van der Waals surface area contributed by atoms with E-state index in [4.69, 9.17) is 9.47 Å². The molecule has 5 heteroatoms. The minimum atomic E-state index is -0.855. The first-order valence-electron chi connectivity index (χ1n) is 3.44. The van der Waals surface area contributed by atoms with Crippen LogP contribution in [0.4, 0.5) is 0 Å². The quantitative estimate of drug-likeness (QED) is 0.527. The van der Waals surface area contributed by atoms with E-state index in [1.807, 2.05) is 0 Å². The van der Waals surface area contributed by atoms with Crippen LogP contribution < -0.4 is 10.9 Å². The van der Waals surface area contributed by atoms with Crippen LogP contribution in [0.1, 0.15) is 13.8 Å². The summed E-state index contributed by atoms with van der Waals surface area (Å²) in [5, 5.41) is 0. The maximum Gasteiger partial charge on any atom is 0.241 e. The molecule has 0 unspecified atom stereocenters. The van der Waals surface area contributed by atoms with E-state index in [0.717, 1.165) is 0 Å². The Hall–Kier alpha value is -0.650. The third kappa shape index (κ3) is 2.45. The molecule has 0 saturated carbocycles. The lowest BCUT2D eigenvalue weighted by Gasteiger charge is -2.22. The second-order valence-electron chi connectivity index (χ2n) is 2.45. The zero-order valence-electron chi connectivity index (χ0n) is 6.64. The van der Waals surface area contributed by atoms with Crippen LogP contribution in [-0.2, 0) is 14.3 Å². The molecule has 0 spiro atoms. The van der Waals surface area contributed by atoms with Gasteiger partial charge in [-0.1, -0.05) is 0 Å². The number of carbonyl (C=O) groups is 1. The maximum atomic E-state index is 10.5. The Balaban J connectivity index is 2.28. The molecular weight excluding hydrogens is 148 g/mol. The van der Waals surface area contributed by atoms with Crippen molar-refractivity contribution in [3.63, 3.8) is 0 Å². The standard InChI is InChI=1S/C6H12N2O3/c1-5(9)7-8-6(2)10-3-4-11-6/h8H,3-4H2,1-2H3,(H,7,9). The van der Waals surface area contributed by atoms with Gasteiger partial charge >= 0.3 is 0 Å². The van der Waals surface area contributed by atoms with E-state index in [-0.39, 0.29) is 5.91 Å². The third-order valence-electron chi connectivity index (χ3n) is 1.30. The zero-order chi connectivity index (χ0) is 8.32. The molecule has 1 amide bonds. The molecular formula is C6H12N2O3. The lowest BCUT2D eigenvalue weighted by molar-refractivity contribution is -0.177. The molecule has 64 valence electrons. The summed E-state index contributed by atoms with van der Waals surface area (Å²) in [6.45, 7) is 4.20. The van der Waals surface area contributed by atoms with Gasteiger partial charge in [-0.05, 0) is 0 Å². The van der Waals surface area contributed by atoms with Gasteiger partial charge in [0.25, 0.3) is 0 Å². The molecule has 2 N–H and O–H groups in total. The molecule has 0 radical (unpaired) electrons. The second kappa shape index (κ2) is 3.17. The van der Waals surface area contributed by atoms with Crippen molar-refractivity contribution in [3.05, 3.63) is 0 Å². The van der Waals surface area contributed by atoms with Crippen LogP contribution in [0, 0.1) is 0 Å². The van der Waals surface area contributed by atoms with E-state index < -0.39 is 5.91 Å². The van der Waals surface area contributed by atoms with E-state index in [1.165, 1.54) is 6.92 Å². The molecule has 1 rings (SSSR count). The third-order valence-corrected chi connectivity index (χ3v) is 1.30. The first kappa shape index (κ1) is 8.45. The summed E-state index contributed by atoms with van der Waals surface area (Å²) in [4.78, 5) is 10.5. The monoisotopic (exact) mass is 160 g/mol. The van der Waals surface area contributed by atoms with Crippen LogP contribution in [0.5, 0.6) is 0 Å². The van der Waals surface area contributed by atoms with Crippen molar-refractivity contribution in [3.8, 4) is 0 Å². The number of rotatable bonds is 2. The molecule has 5 nitrogen and oxygen atoms in total. The van der Waals surface area contributed by atoms with Gasteiger partial charge in [-0.2, -0.15) is 5.43 Å². The van der Waals surface area contributed by atoms with Gasteiger partial charge in [0.05, 0.1) is 13.2 Å². The van der Waals surface area contributed by atoms with E-state index in [1.54, 1.807) is 6.92 Å². The summed E-state index contributed by atoms with van der Waals surface area (Å²) < 4.78 is 10.3. The number of carbonyl (C=O) groups excluding carboxylic acids is 1. The zero-order valence-corrected chi connectivity index (χ0v) is 6.64. The van der Waals surface area contributed by atoms with Crippen molar-refractivity contribution in [2.75, 3.05) is 13.2 Å². The number of amides is 1. The van der Waals surface area contributed by atoms with Crippen LogP contribution >= 0.6 is 0 Å². The average Bonchev–Trinajstić information content (AvgIpc) is 2.33. The Morgan fingerprint density at radius 3 is 2.45 bits per heavy atom. The molecule has 0 aromatic carbocycles. The van der Waals surface area contributed by atoms with E-state index in [2.05, 4.69) is 10.9 Å². The fraction of sp³-hybridized carbons (Fsp3) is 0.833. The molecule has 0 aromatic rings. The van der Waals surface area contributed by atoms with Crippen LogP contribution in [0.15, 0.2) is 0 Å². The van der Waals surface area contributed by atoms with Gasteiger partial charge in [-0.25, -0.2) is 0 Å². The SMILES string of the molecule is CC(=O)NNC1(C)OCCO1. The lowest BCUT2D eigenvalue weighted by Crippen LogP contribution is -2.52. The first-order chi connectivity index (χ1) is 5.12. The first-order valence-corrected chi connectivity index (χ1v) is 3.44. The summed E-state index contributed by atoms with van der Waals surface area (Å²) in [5.74, 6) is -1.03. The topological polar surface area (TPSA) is 59.6 Å². The summed E-state index contributed by atoms with van der Waals surface area (Å²) in [5.41, 5.74) is 5.00. The summed E-state index contributed by atoms with van der Waals surface area (Å²) >= 11 is 0. The average molecular weight is 160 g/mol. The summed E-state index contributed by atoms with van der Waals surface area (Å²) in [6.07, 6.45) is 0. The fourth-order valence-electron chi connectivity index (χ4n) is 0.788.